The molecule has 2 aromatic rings. The van der Waals surface area contributed by atoms with Crippen molar-refractivity contribution in [3.05, 3.63) is 70.8 Å². The second-order valence-corrected chi connectivity index (χ2v) is 6.02. The average molecular weight is 325 g/mol. The van der Waals surface area contributed by atoms with Crippen molar-refractivity contribution in [2.75, 3.05) is 0 Å². The molecule has 1 aliphatic carbocycles. The molecule has 1 unspecified atom stereocenters. The minimum atomic E-state index is -0.941. The molecule has 2 N–H and O–H groups in total. The van der Waals surface area contributed by atoms with Gasteiger partial charge >= 0.3 is 12.1 Å². The van der Waals surface area contributed by atoms with Gasteiger partial charge in [0.2, 0.25) is 0 Å². The molecule has 0 bridgehead atoms. The molecule has 0 radical (unpaired) electrons. The number of nitrogens with one attached hydrogen (secondary N) is 1. The van der Waals surface area contributed by atoms with Gasteiger partial charge in [-0.1, -0.05) is 43.3 Å². The summed E-state index contributed by atoms with van der Waals surface area (Å²) in [5.41, 5.74) is 3.25. The summed E-state index contributed by atoms with van der Waals surface area (Å²) in [6, 6.07) is 14.5. The lowest BCUT2D eigenvalue weighted by Gasteiger charge is -2.17. The molecule has 0 fully saturated rings. The third-order valence-corrected chi connectivity index (χ3v) is 4.44. The van der Waals surface area contributed by atoms with Gasteiger partial charge in [-0.2, -0.15) is 0 Å². The SMILES string of the molecule is C[C@H]1c2ccc(C(=O)O)cc2CC1NC(=O)OCc1ccccc1. The summed E-state index contributed by atoms with van der Waals surface area (Å²) in [5, 5.41) is 12.0. The van der Waals surface area contributed by atoms with Crippen LogP contribution < -0.4 is 5.32 Å². The molecule has 0 aliphatic heterocycles. The van der Waals surface area contributed by atoms with Crippen molar-refractivity contribution >= 4 is 12.1 Å². The zero-order valence-electron chi connectivity index (χ0n) is 13.4. The fourth-order valence-corrected chi connectivity index (χ4v) is 3.08. The first-order valence-electron chi connectivity index (χ1n) is 7.88. The molecule has 1 aliphatic rings. The molecule has 1 amide bonds. The van der Waals surface area contributed by atoms with Gasteiger partial charge in [-0.25, -0.2) is 9.59 Å². The Hall–Kier alpha value is -2.82. The maximum Gasteiger partial charge on any atom is 0.407 e. The van der Waals surface area contributed by atoms with Crippen LogP contribution in [0.25, 0.3) is 0 Å². The van der Waals surface area contributed by atoms with Gasteiger partial charge in [0, 0.05) is 12.0 Å². The Balaban J connectivity index is 1.60. The van der Waals surface area contributed by atoms with E-state index in [2.05, 4.69) is 5.32 Å². The number of carbonyl (C=O) groups excluding carboxylic acids is 1. The van der Waals surface area contributed by atoms with Crippen LogP contribution in [0.15, 0.2) is 48.5 Å². The van der Waals surface area contributed by atoms with E-state index in [1.165, 1.54) is 0 Å². The number of benzene rings is 2. The van der Waals surface area contributed by atoms with Crippen LogP contribution in [0.2, 0.25) is 0 Å². The maximum atomic E-state index is 12.0. The van der Waals surface area contributed by atoms with Crippen molar-refractivity contribution in [1.29, 1.82) is 0 Å². The first-order chi connectivity index (χ1) is 11.5. The molecule has 0 heterocycles. The Morgan fingerprint density at radius 3 is 2.67 bits per heavy atom. The van der Waals surface area contributed by atoms with Gasteiger partial charge in [-0.3, -0.25) is 0 Å². The summed E-state index contributed by atoms with van der Waals surface area (Å²) in [5.74, 6) is -0.823. The molecular formula is C19H19NO4. The summed E-state index contributed by atoms with van der Waals surface area (Å²) in [4.78, 5) is 23.1. The van der Waals surface area contributed by atoms with E-state index in [4.69, 9.17) is 9.84 Å². The number of rotatable bonds is 4. The lowest BCUT2D eigenvalue weighted by molar-refractivity contribution is 0.0696. The second-order valence-electron chi connectivity index (χ2n) is 6.02. The Morgan fingerprint density at radius 1 is 1.21 bits per heavy atom. The first-order valence-corrected chi connectivity index (χ1v) is 7.88. The van der Waals surface area contributed by atoms with Crippen molar-refractivity contribution in [3.8, 4) is 0 Å². The van der Waals surface area contributed by atoms with Gasteiger partial charge in [0.25, 0.3) is 0 Å². The van der Waals surface area contributed by atoms with E-state index < -0.39 is 12.1 Å². The molecule has 0 aromatic heterocycles. The predicted octanol–water partition coefficient (Wildman–Crippen LogP) is 3.34. The Bertz CT molecular complexity index is 757. The molecule has 0 saturated carbocycles. The maximum absolute atomic E-state index is 12.0. The summed E-state index contributed by atoms with van der Waals surface area (Å²) < 4.78 is 5.25. The van der Waals surface area contributed by atoms with Gasteiger partial charge in [-0.15, -0.1) is 0 Å². The van der Waals surface area contributed by atoms with E-state index in [1.54, 1.807) is 12.1 Å². The summed E-state index contributed by atoms with van der Waals surface area (Å²) in [6.45, 7) is 2.25. The monoisotopic (exact) mass is 325 g/mol. The average Bonchev–Trinajstić information content (AvgIpc) is 2.89. The number of ether oxygens (including phenoxy) is 1. The predicted molar refractivity (Wildman–Crippen MR) is 89.1 cm³/mol. The van der Waals surface area contributed by atoms with Crippen molar-refractivity contribution < 1.29 is 19.4 Å². The molecule has 0 saturated heterocycles. The van der Waals surface area contributed by atoms with Gasteiger partial charge < -0.3 is 15.2 Å². The quantitative estimate of drug-likeness (QED) is 0.904. The number of fused-ring (bicyclic) bond motifs is 1. The number of carboxylic acids is 1. The number of hydrogen-bond acceptors (Lipinski definition) is 3. The van der Waals surface area contributed by atoms with E-state index in [0.29, 0.717) is 6.42 Å². The van der Waals surface area contributed by atoms with Crippen LogP contribution in [-0.4, -0.2) is 23.2 Å². The Morgan fingerprint density at radius 2 is 1.96 bits per heavy atom. The minimum absolute atomic E-state index is 0.0904. The number of amides is 1. The topological polar surface area (TPSA) is 75.6 Å². The Labute approximate surface area is 140 Å². The van der Waals surface area contributed by atoms with Crippen LogP contribution in [0, 0.1) is 0 Å². The van der Waals surface area contributed by atoms with Crippen LogP contribution >= 0.6 is 0 Å². The number of alkyl carbamates (subject to hydrolysis) is 1. The van der Waals surface area contributed by atoms with Crippen LogP contribution in [0.1, 0.15) is 39.9 Å². The van der Waals surface area contributed by atoms with Crippen molar-refractivity contribution in [1.82, 2.24) is 5.32 Å². The van der Waals surface area contributed by atoms with Gasteiger partial charge in [-0.05, 0) is 35.2 Å². The lowest BCUT2D eigenvalue weighted by atomic mass is 10.00. The highest BCUT2D eigenvalue weighted by Crippen LogP contribution is 2.33. The molecule has 5 nitrogen and oxygen atoms in total. The molecule has 24 heavy (non-hydrogen) atoms. The molecular weight excluding hydrogens is 306 g/mol. The van der Waals surface area contributed by atoms with Crippen LogP contribution in [0.5, 0.6) is 0 Å². The molecule has 3 rings (SSSR count). The van der Waals surface area contributed by atoms with Crippen molar-refractivity contribution in [2.45, 2.75) is 31.9 Å². The highest BCUT2D eigenvalue weighted by Gasteiger charge is 2.31. The number of carbonyl (C=O) groups is 2. The molecule has 124 valence electrons. The van der Waals surface area contributed by atoms with Gasteiger partial charge in [0.15, 0.2) is 0 Å². The van der Waals surface area contributed by atoms with E-state index in [-0.39, 0.29) is 24.1 Å². The Kier molecular flexibility index (Phi) is 4.51. The zero-order chi connectivity index (χ0) is 17.1. The molecule has 5 heteroatoms. The van der Waals surface area contributed by atoms with E-state index in [9.17, 15) is 9.59 Å². The largest absolute Gasteiger partial charge is 0.478 e. The van der Waals surface area contributed by atoms with Crippen LogP contribution in [-0.2, 0) is 17.8 Å². The van der Waals surface area contributed by atoms with E-state index in [0.717, 1.165) is 16.7 Å². The van der Waals surface area contributed by atoms with Crippen molar-refractivity contribution in [2.24, 2.45) is 0 Å². The summed E-state index contributed by atoms with van der Waals surface area (Å²) >= 11 is 0. The van der Waals surface area contributed by atoms with Crippen LogP contribution in [0.3, 0.4) is 0 Å². The van der Waals surface area contributed by atoms with E-state index in [1.807, 2.05) is 43.3 Å². The van der Waals surface area contributed by atoms with Gasteiger partial charge in [0.05, 0.1) is 5.56 Å². The first kappa shape index (κ1) is 16.1. The third kappa shape index (κ3) is 3.40. The highest BCUT2D eigenvalue weighted by molar-refractivity contribution is 5.88. The normalized spacial score (nSPS) is 18.7. The van der Waals surface area contributed by atoms with Crippen LogP contribution in [0.4, 0.5) is 4.79 Å². The zero-order valence-corrected chi connectivity index (χ0v) is 13.4. The number of carboxylic acid groups (broad SMARTS) is 1. The molecule has 2 aromatic carbocycles. The fraction of sp³-hybridized carbons (Fsp3) is 0.263. The second kappa shape index (κ2) is 6.74. The third-order valence-electron chi connectivity index (χ3n) is 4.44. The standard InChI is InChI=1S/C19H19NO4/c1-12-16-8-7-14(18(21)22)9-15(16)10-17(12)20-19(23)24-11-13-5-3-2-4-6-13/h2-9,12,17H,10-11H2,1H3,(H,20,23)(H,21,22)/t12-,17?/m0/s1. The lowest BCUT2D eigenvalue weighted by Crippen LogP contribution is -2.37. The smallest absolute Gasteiger partial charge is 0.407 e. The fourth-order valence-electron chi connectivity index (χ4n) is 3.08. The van der Waals surface area contributed by atoms with Crippen molar-refractivity contribution in [3.63, 3.8) is 0 Å². The number of hydrogen-bond donors (Lipinski definition) is 2. The molecule has 0 spiro atoms. The molecule has 2 atom stereocenters. The van der Waals surface area contributed by atoms with Gasteiger partial charge in [0.1, 0.15) is 6.61 Å². The minimum Gasteiger partial charge on any atom is -0.478 e. The summed E-state index contributed by atoms with van der Waals surface area (Å²) in [7, 11) is 0. The highest BCUT2D eigenvalue weighted by atomic mass is 16.5. The van der Waals surface area contributed by atoms with E-state index >= 15 is 0 Å². The summed E-state index contributed by atoms with van der Waals surface area (Å²) in [6.07, 6.45) is 0.153. The number of aromatic carboxylic acids is 1.